The number of aromatic nitrogens is 1. The summed E-state index contributed by atoms with van der Waals surface area (Å²) in [5, 5.41) is 0. The van der Waals surface area contributed by atoms with Gasteiger partial charge in [0.1, 0.15) is 5.82 Å². The fraction of sp³-hybridized carbons (Fsp3) is 0.389. The van der Waals surface area contributed by atoms with E-state index in [1.54, 1.807) is 13.2 Å². The highest BCUT2D eigenvalue weighted by Crippen LogP contribution is 2.28. The van der Waals surface area contributed by atoms with Crippen LogP contribution in [0.5, 0.6) is 5.88 Å². The van der Waals surface area contributed by atoms with Gasteiger partial charge >= 0.3 is 0 Å². The van der Waals surface area contributed by atoms with E-state index >= 15 is 0 Å². The average Bonchev–Trinajstić information content (AvgIpc) is 2.64. The van der Waals surface area contributed by atoms with Crippen molar-refractivity contribution in [3.05, 3.63) is 52.0 Å². The molecule has 1 fully saturated rings. The first-order valence-electron chi connectivity index (χ1n) is 8.14. The van der Waals surface area contributed by atoms with E-state index in [4.69, 9.17) is 4.74 Å². The first kappa shape index (κ1) is 18.1. The van der Waals surface area contributed by atoms with Crippen molar-refractivity contribution in [1.29, 1.82) is 0 Å². The summed E-state index contributed by atoms with van der Waals surface area (Å²) < 4.78 is 32.7. The van der Waals surface area contributed by atoms with E-state index in [9.17, 15) is 8.78 Å². The highest BCUT2D eigenvalue weighted by Gasteiger charge is 2.24. The van der Waals surface area contributed by atoms with Crippen molar-refractivity contribution < 1.29 is 13.5 Å². The van der Waals surface area contributed by atoms with Gasteiger partial charge in [0.2, 0.25) is 5.88 Å². The number of pyridine rings is 1. The molecule has 0 saturated carbocycles. The molecule has 4 nitrogen and oxygen atoms in total. The quantitative estimate of drug-likeness (QED) is 0.759. The molecule has 3 rings (SSSR count). The molecule has 2 aromatic rings. The van der Waals surface area contributed by atoms with E-state index in [0.29, 0.717) is 5.88 Å². The zero-order chi connectivity index (χ0) is 18.0. The summed E-state index contributed by atoms with van der Waals surface area (Å²) in [6, 6.07) is 8.04. The SMILES string of the molecule is COc1nc(N2CCN(C(C)c3ccc(F)c(F)c3)CC2)ccc1Br. The Bertz CT molecular complexity index is 751. The van der Waals surface area contributed by atoms with Crippen LogP contribution in [-0.4, -0.2) is 43.2 Å². The Morgan fingerprint density at radius 3 is 2.44 bits per heavy atom. The number of anilines is 1. The number of benzene rings is 1. The molecule has 1 saturated heterocycles. The Morgan fingerprint density at radius 1 is 1.08 bits per heavy atom. The summed E-state index contributed by atoms with van der Waals surface area (Å²) in [7, 11) is 1.60. The molecular formula is C18H20BrF2N3O. The minimum atomic E-state index is -0.809. The second kappa shape index (κ2) is 7.66. The molecule has 134 valence electrons. The minimum Gasteiger partial charge on any atom is -0.480 e. The van der Waals surface area contributed by atoms with Crippen molar-refractivity contribution in [3.8, 4) is 5.88 Å². The van der Waals surface area contributed by atoms with Gasteiger partial charge in [0.05, 0.1) is 11.6 Å². The molecule has 0 spiro atoms. The van der Waals surface area contributed by atoms with E-state index in [1.807, 2.05) is 19.1 Å². The molecule has 0 amide bonds. The summed E-state index contributed by atoms with van der Waals surface area (Å²) >= 11 is 3.41. The van der Waals surface area contributed by atoms with Crippen molar-refractivity contribution in [2.75, 3.05) is 38.2 Å². The molecule has 0 bridgehead atoms. The van der Waals surface area contributed by atoms with E-state index < -0.39 is 11.6 Å². The predicted octanol–water partition coefficient (Wildman–Crippen LogP) is 4.01. The van der Waals surface area contributed by atoms with Crippen LogP contribution in [0.3, 0.4) is 0 Å². The van der Waals surface area contributed by atoms with E-state index in [0.717, 1.165) is 42.0 Å². The minimum absolute atomic E-state index is 0.0321. The summed E-state index contributed by atoms with van der Waals surface area (Å²) in [6.07, 6.45) is 0. The van der Waals surface area contributed by atoms with Crippen LogP contribution in [0.25, 0.3) is 0 Å². The van der Waals surface area contributed by atoms with E-state index in [-0.39, 0.29) is 6.04 Å². The lowest BCUT2D eigenvalue weighted by atomic mass is 10.1. The van der Waals surface area contributed by atoms with Gasteiger partial charge in [0.15, 0.2) is 11.6 Å². The Hall–Kier alpha value is -1.73. The van der Waals surface area contributed by atoms with Crippen molar-refractivity contribution in [3.63, 3.8) is 0 Å². The van der Waals surface area contributed by atoms with E-state index in [1.165, 1.54) is 12.1 Å². The molecule has 25 heavy (non-hydrogen) atoms. The maximum Gasteiger partial charge on any atom is 0.229 e. The van der Waals surface area contributed by atoms with Gasteiger partial charge < -0.3 is 9.64 Å². The van der Waals surface area contributed by atoms with Crippen molar-refractivity contribution >= 4 is 21.7 Å². The zero-order valence-electron chi connectivity index (χ0n) is 14.2. The highest BCUT2D eigenvalue weighted by molar-refractivity contribution is 9.10. The van der Waals surface area contributed by atoms with Gasteiger partial charge in [0, 0.05) is 32.2 Å². The predicted molar refractivity (Wildman–Crippen MR) is 97.0 cm³/mol. The smallest absolute Gasteiger partial charge is 0.229 e. The molecule has 2 heterocycles. The Labute approximate surface area is 154 Å². The Kier molecular flexibility index (Phi) is 5.54. The van der Waals surface area contributed by atoms with Crippen molar-refractivity contribution in [1.82, 2.24) is 9.88 Å². The first-order chi connectivity index (χ1) is 12.0. The topological polar surface area (TPSA) is 28.6 Å². The molecule has 0 aliphatic carbocycles. The molecule has 7 heteroatoms. The molecule has 1 aliphatic heterocycles. The van der Waals surface area contributed by atoms with Gasteiger partial charge in [-0.25, -0.2) is 8.78 Å². The lowest BCUT2D eigenvalue weighted by Gasteiger charge is -2.38. The number of nitrogens with zero attached hydrogens (tertiary/aromatic N) is 3. The molecule has 1 unspecified atom stereocenters. The lowest BCUT2D eigenvalue weighted by Crippen LogP contribution is -2.47. The summed E-state index contributed by atoms with van der Waals surface area (Å²) in [5.74, 6) is -0.166. The first-order valence-corrected chi connectivity index (χ1v) is 8.93. The number of hydrogen-bond donors (Lipinski definition) is 0. The molecule has 0 N–H and O–H groups in total. The molecular weight excluding hydrogens is 392 g/mol. The number of rotatable bonds is 4. The van der Waals surface area contributed by atoms with Crippen LogP contribution in [0.1, 0.15) is 18.5 Å². The zero-order valence-corrected chi connectivity index (χ0v) is 15.8. The lowest BCUT2D eigenvalue weighted by molar-refractivity contribution is 0.197. The standard InChI is InChI=1S/C18H20BrF2N3O/c1-12(13-3-5-15(20)16(21)11-13)23-7-9-24(10-8-23)17-6-4-14(19)18(22-17)25-2/h3-6,11-12H,7-10H2,1-2H3. The third-order valence-electron chi connectivity index (χ3n) is 4.60. The maximum atomic E-state index is 13.5. The number of halogens is 3. The van der Waals surface area contributed by atoms with Crippen LogP contribution in [-0.2, 0) is 0 Å². The third kappa shape index (κ3) is 3.93. The summed E-state index contributed by atoms with van der Waals surface area (Å²) in [5.41, 5.74) is 0.788. The largest absolute Gasteiger partial charge is 0.480 e. The number of methoxy groups -OCH3 is 1. The molecule has 0 radical (unpaired) electrons. The molecule has 1 aliphatic rings. The van der Waals surface area contributed by atoms with Gasteiger partial charge in [-0.15, -0.1) is 0 Å². The second-order valence-electron chi connectivity index (χ2n) is 6.03. The van der Waals surface area contributed by atoms with Gasteiger partial charge in [-0.05, 0) is 52.7 Å². The fourth-order valence-corrected chi connectivity index (χ4v) is 3.44. The van der Waals surface area contributed by atoms with Crippen molar-refractivity contribution in [2.45, 2.75) is 13.0 Å². The van der Waals surface area contributed by atoms with Gasteiger partial charge in [-0.2, -0.15) is 4.98 Å². The molecule has 1 aromatic heterocycles. The summed E-state index contributed by atoms with van der Waals surface area (Å²) in [6.45, 7) is 5.28. The van der Waals surface area contributed by atoms with Crippen LogP contribution >= 0.6 is 15.9 Å². The summed E-state index contributed by atoms with van der Waals surface area (Å²) in [4.78, 5) is 8.97. The second-order valence-corrected chi connectivity index (χ2v) is 6.89. The van der Waals surface area contributed by atoms with Crippen LogP contribution in [0.4, 0.5) is 14.6 Å². The number of ether oxygens (including phenoxy) is 1. The van der Waals surface area contributed by atoms with E-state index in [2.05, 4.69) is 30.7 Å². The van der Waals surface area contributed by atoms with Crippen LogP contribution < -0.4 is 9.64 Å². The number of hydrogen-bond acceptors (Lipinski definition) is 4. The van der Waals surface area contributed by atoms with Crippen LogP contribution in [0.15, 0.2) is 34.8 Å². The highest BCUT2D eigenvalue weighted by atomic mass is 79.9. The molecule has 1 atom stereocenters. The third-order valence-corrected chi connectivity index (χ3v) is 5.21. The van der Waals surface area contributed by atoms with Crippen LogP contribution in [0, 0.1) is 11.6 Å². The van der Waals surface area contributed by atoms with Gasteiger partial charge in [-0.3, -0.25) is 4.90 Å². The van der Waals surface area contributed by atoms with Crippen LogP contribution in [0.2, 0.25) is 0 Å². The van der Waals surface area contributed by atoms with Crippen molar-refractivity contribution in [2.24, 2.45) is 0 Å². The van der Waals surface area contributed by atoms with Gasteiger partial charge in [0.25, 0.3) is 0 Å². The Morgan fingerprint density at radius 2 is 1.80 bits per heavy atom. The fourth-order valence-electron chi connectivity index (χ4n) is 3.05. The molecule has 1 aromatic carbocycles. The number of piperazine rings is 1. The monoisotopic (exact) mass is 411 g/mol. The average molecular weight is 412 g/mol. The maximum absolute atomic E-state index is 13.5. The Balaban J connectivity index is 1.66. The normalized spacial score (nSPS) is 16.8. The van der Waals surface area contributed by atoms with Gasteiger partial charge in [-0.1, -0.05) is 6.07 Å².